The number of thioether (sulfide) groups is 1. The molecule has 1 aromatic carbocycles. The van der Waals surface area contributed by atoms with Gasteiger partial charge in [0.15, 0.2) is 11.0 Å². The number of hydrogen-bond donors (Lipinski definition) is 1. The number of hydrogen-bond acceptors (Lipinski definition) is 8. The van der Waals surface area contributed by atoms with Crippen molar-refractivity contribution in [3.8, 4) is 17.3 Å². The van der Waals surface area contributed by atoms with Gasteiger partial charge in [0, 0.05) is 38.1 Å². The number of ether oxygens (including phenoxy) is 1. The molecule has 1 amide bonds. The molecule has 0 saturated carbocycles. The summed E-state index contributed by atoms with van der Waals surface area (Å²) in [6, 6.07) is 5.76. The van der Waals surface area contributed by atoms with E-state index in [1.807, 2.05) is 0 Å². The van der Waals surface area contributed by atoms with Gasteiger partial charge in [-0.25, -0.2) is 0 Å². The second kappa shape index (κ2) is 8.08. The maximum atomic E-state index is 12.2. The molecular weight excluding hydrogens is 386 g/mol. The maximum absolute atomic E-state index is 12.2. The first kappa shape index (κ1) is 19.4. The van der Waals surface area contributed by atoms with Crippen LogP contribution in [0.25, 0.3) is 11.4 Å². The van der Waals surface area contributed by atoms with E-state index in [9.17, 15) is 14.9 Å². The number of aryl methyl sites for hydroxylation is 1. The summed E-state index contributed by atoms with van der Waals surface area (Å²) < 4.78 is 8.60. The van der Waals surface area contributed by atoms with Gasteiger partial charge < -0.3 is 14.6 Å². The van der Waals surface area contributed by atoms with E-state index in [1.54, 1.807) is 35.6 Å². The molecule has 0 aliphatic heterocycles. The van der Waals surface area contributed by atoms with Gasteiger partial charge in [0.1, 0.15) is 5.56 Å². The van der Waals surface area contributed by atoms with Crippen molar-refractivity contribution in [1.82, 2.24) is 24.5 Å². The van der Waals surface area contributed by atoms with Crippen LogP contribution in [0.3, 0.4) is 0 Å². The Morgan fingerprint density at radius 2 is 2.14 bits per heavy atom. The predicted octanol–water partition coefficient (Wildman–Crippen LogP) is 1.86. The molecule has 0 aliphatic rings. The number of anilines is 1. The molecule has 28 heavy (non-hydrogen) atoms. The lowest BCUT2D eigenvalue weighted by molar-refractivity contribution is -0.384. The van der Waals surface area contributed by atoms with Crippen molar-refractivity contribution < 1.29 is 14.5 Å². The fraction of sp³-hybridized carbons (Fsp3) is 0.250. The SMILES string of the molecule is COc1nn(C)cc1-c1nnc(SCC(=O)Nc2cccc([N+](=O)[O-])c2)n1C. The highest BCUT2D eigenvalue weighted by atomic mass is 32.2. The monoisotopic (exact) mass is 403 g/mol. The Morgan fingerprint density at radius 3 is 2.86 bits per heavy atom. The third kappa shape index (κ3) is 4.11. The van der Waals surface area contributed by atoms with Gasteiger partial charge in [-0.1, -0.05) is 17.8 Å². The van der Waals surface area contributed by atoms with Crippen LogP contribution in [-0.4, -0.2) is 48.2 Å². The number of benzene rings is 1. The summed E-state index contributed by atoms with van der Waals surface area (Å²) in [6.45, 7) is 0. The summed E-state index contributed by atoms with van der Waals surface area (Å²) in [7, 11) is 5.08. The van der Waals surface area contributed by atoms with E-state index in [-0.39, 0.29) is 17.3 Å². The Morgan fingerprint density at radius 1 is 1.36 bits per heavy atom. The van der Waals surface area contributed by atoms with Gasteiger partial charge in [0.05, 0.1) is 17.8 Å². The minimum absolute atomic E-state index is 0.0683. The molecule has 3 rings (SSSR count). The number of methoxy groups -OCH3 is 1. The minimum Gasteiger partial charge on any atom is -0.479 e. The number of nitro benzene ring substituents is 1. The lowest BCUT2D eigenvalue weighted by Crippen LogP contribution is -2.14. The molecule has 0 fully saturated rings. The fourth-order valence-electron chi connectivity index (χ4n) is 2.47. The van der Waals surface area contributed by atoms with Crippen LogP contribution in [0.15, 0.2) is 35.6 Å². The van der Waals surface area contributed by atoms with Crippen LogP contribution in [0.1, 0.15) is 0 Å². The average Bonchev–Trinajstić information content (AvgIpc) is 3.22. The molecule has 0 saturated heterocycles. The normalized spacial score (nSPS) is 10.7. The highest BCUT2D eigenvalue weighted by Crippen LogP contribution is 2.29. The quantitative estimate of drug-likeness (QED) is 0.359. The molecule has 0 radical (unpaired) electrons. The smallest absolute Gasteiger partial charge is 0.271 e. The second-order valence-corrected chi connectivity index (χ2v) is 6.68. The Balaban J connectivity index is 1.67. The highest BCUT2D eigenvalue weighted by molar-refractivity contribution is 7.99. The molecule has 3 aromatic rings. The van der Waals surface area contributed by atoms with E-state index in [2.05, 4.69) is 20.6 Å². The standard InChI is InChI=1S/C16H17N7O4S/c1-21-8-12(15(20-21)27-3)14-18-19-16(22(14)2)28-9-13(24)17-10-5-4-6-11(7-10)23(25)26/h4-8H,9H2,1-3H3,(H,17,24). The number of aromatic nitrogens is 5. The van der Waals surface area contributed by atoms with E-state index in [4.69, 9.17) is 4.74 Å². The molecule has 0 aliphatic carbocycles. The van der Waals surface area contributed by atoms with Gasteiger partial charge in [-0.05, 0) is 6.07 Å². The molecule has 2 aromatic heterocycles. The summed E-state index contributed by atoms with van der Waals surface area (Å²) in [5.41, 5.74) is 0.959. The number of nitrogens with zero attached hydrogens (tertiary/aromatic N) is 6. The van der Waals surface area contributed by atoms with Gasteiger partial charge in [0.2, 0.25) is 11.8 Å². The molecule has 0 spiro atoms. The van der Waals surface area contributed by atoms with Crippen molar-refractivity contribution in [2.45, 2.75) is 5.16 Å². The van der Waals surface area contributed by atoms with Crippen molar-refractivity contribution in [3.05, 3.63) is 40.6 Å². The fourth-order valence-corrected chi connectivity index (χ4v) is 3.18. The van der Waals surface area contributed by atoms with Crippen molar-refractivity contribution in [2.24, 2.45) is 14.1 Å². The van der Waals surface area contributed by atoms with E-state index < -0.39 is 4.92 Å². The van der Waals surface area contributed by atoms with Crippen LogP contribution in [-0.2, 0) is 18.9 Å². The van der Waals surface area contributed by atoms with Crippen LogP contribution in [0.2, 0.25) is 0 Å². The number of non-ortho nitro benzene ring substituents is 1. The Labute approximate surface area is 163 Å². The number of carbonyl (C=O) groups is 1. The van der Waals surface area contributed by atoms with Crippen molar-refractivity contribution in [1.29, 1.82) is 0 Å². The third-order valence-corrected chi connectivity index (χ3v) is 4.76. The van der Waals surface area contributed by atoms with Gasteiger partial charge in [-0.2, -0.15) is 0 Å². The lowest BCUT2D eigenvalue weighted by Gasteiger charge is -2.05. The largest absolute Gasteiger partial charge is 0.479 e. The zero-order chi connectivity index (χ0) is 20.3. The summed E-state index contributed by atoms with van der Waals surface area (Å²) in [4.78, 5) is 22.5. The van der Waals surface area contributed by atoms with Crippen molar-refractivity contribution >= 4 is 29.0 Å². The summed E-state index contributed by atoms with van der Waals surface area (Å²) in [5, 5.41) is 26.4. The molecule has 0 bridgehead atoms. The Kier molecular flexibility index (Phi) is 5.59. The first-order valence-corrected chi connectivity index (χ1v) is 9.02. The summed E-state index contributed by atoms with van der Waals surface area (Å²) >= 11 is 1.20. The number of amides is 1. The van der Waals surface area contributed by atoms with Crippen LogP contribution < -0.4 is 10.1 Å². The summed E-state index contributed by atoms with van der Waals surface area (Å²) in [5.74, 6) is 0.747. The van der Waals surface area contributed by atoms with E-state index >= 15 is 0 Å². The Hall–Kier alpha value is -3.41. The molecule has 11 nitrogen and oxygen atoms in total. The van der Waals surface area contributed by atoms with Crippen LogP contribution in [0, 0.1) is 10.1 Å². The molecule has 2 heterocycles. The molecule has 1 N–H and O–H groups in total. The number of carbonyl (C=O) groups excluding carboxylic acids is 1. The van der Waals surface area contributed by atoms with Gasteiger partial charge in [-0.15, -0.1) is 15.3 Å². The second-order valence-electron chi connectivity index (χ2n) is 5.74. The molecule has 12 heteroatoms. The number of rotatable bonds is 7. The van der Waals surface area contributed by atoms with Crippen molar-refractivity contribution in [2.75, 3.05) is 18.2 Å². The lowest BCUT2D eigenvalue weighted by atomic mass is 10.3. The van der Waals surface area contributed by atoms with E-state index in [1.165, 1.54) is 37.1 Å². The van der Waals surface area contributed by atoms with Crippen LogP contribution in [0.5, 0.6) is 5.88 Å². The van der Waals surface area contributed by atoms with Gasteiger partial charge in [0.25, 0.3) is 5.69 Å². The molecule has 0 unspecified atom stereocenters. The Bertz CT molecular complexity index is 1030. The topological polar surface area (TPSA) is 130 Å². The predicted molar refractivity (Wildman–Crippen MR) is 102 cm³/mol. The van der Waals surface area contributed by atoms with E-state index in [0.29, 0.717) is 28.1 Å². The van der Waals surface area contributed by atoms with Crippen molar-refractivity contribution in [3.63, 3.8) is 0 Å². The maximum Gasteiger partial charge on any atom is 0.271 e. The van der Waals surface area contributed by atoms with Crippen LogP contribution >= 0.6 is 11.8 Å². The van der Waals surface area contributed by atoms with E-state index in [0.717, 1.165) is 0 Å². The number of nitrogens with one attached hydrogen (secondary N) is 1. The first-order valence-electron chi connectivity index (χ1n) is 8.03. The molecular formula is C16H17N7O4S. The van der Waals surface area contributed by atoms with Gasteiger partial charge >= 0.3 is 0 Å². The highest BCUT2D eigenvalue weighted by Gasteiger charge is 2.19. The zero-order valence-corrected chi connectivity index (χ0v) is 16.1. The molecule has 146 valence electrons. The van der Waals surface area contributed by atoms with Crippen LogP contribution in [0.4, 0.5) is 11.4 Å². The zero-order valence-electron chi connectivity index (χ0n) is 15.3. The summed E-state index contributed by atoms with van der Waals surface area (Å²) in [6.07, 6.45) is 1.77. The molecule has 0 atom stereocenters. The van der Waals surface area contributed by atoms with Gasteiger partial charge in [-0.3, -0.25) is 19.6 Å². The minimum atomic E-state index is -0.516. The first-order chi connectivity index (χ1) is 13.4. The number of nitro groups is 1. The third-order valence-electron chi connectivity index (χ3n) is 3.74. The average molecular weight is 403 g/mol.